The number of nitrogens with zero attached hydrogens (tertiary/aromatic N) is 2. The number of hydrogen-bond donors (Lipinski definition) is 3. The van der Waals surface area contributed by atoms with E-state index < -0.39 is 6.29 Å². The summed E-state index contributed by atoms with van der Waals surface area (Å²) in [5, 5.41) is 16.1. The lowest BCUT2D eigenvalue weighted by molar-refractivity contribution is -0.268. The molecular formula is C38H44N4O5S. The minimum Gasteiger partial charge on any atom is -0.392 e. The van der Waals surface area contributed by atoms with Gasteiger partial charge >= 0.3 is 0 Å². The number of aliphatic hydroxyl groups is 1. The number of rotatable bonds is 15. The largest absolute Gasteiger partial charge is 0.392 e. The smallest absolute Gasteiger partial charge is 0.220 e. The van der Waals surface area contributed by atoms with Gasteiger partial charge in [0, 0.05) is 56.1 Å². The average molecular weight is 669 g/mol. The van der Waals surface area contributed by atoms with Crippen molar-refractivity contribution in [2.75, 3.05) is 12.3 Å². The molecule has 10 heteroatoms. The number of aliphatic hydroxyl groups excluding tert-OH is 1. The first-order valence-corrected chi connectivity index (χ1v) is 17.5. The first-order chi connectivity index (χ1) is 23.4. The molecule has 48 heavy (non-hydrogen) atoms. The maximum Gasteiger partial charge on any atom is 0.220 e. The maximum absolute atomic E-state index is 12.4. The third-order valence-electron chi connectivity index (χ3n) is 8.43. The Hall–Kier alpha value is -4.09. The number of benzene rings is 3. The molecule has 252 valence electrons. The van der Waals surface area contributed by atoms with Crippen LogP contribution >= 0.6 is 11.8 Å². The predicted octanol–water partition coefficient (Wildman–Crippen LogP) is 6.53. The fourth-order valence-electron chi connectivity index (χ4n) is 5.66. The Kier molecular flexibility index (Phi) is 13.1. The molecule has 0 radical (unpaired) electrons. The Morgan fingerprint density at radius 2 is 1.58 bits per heavy atom. The van der Waals surface area contributed by atoms with Gasteiger partial charge in [0.15, 0.2) is 11.4 Å². The van der Waals surface area contributed by atoms with Crippen molar-refractivity contribution in [2.45, 2.75) is 76.3 Å². The minimum atomic E-state index is -0.563. The summed E-state index contributed by atoms with van der Waals surface area (Å²) in [6.45, 7) is 4.76. The Morgan fingerprint density at radius 1 is 0.833 bits per heavy atom. The maximum atomic E-state index is 12.4. The summed E-state index contributed by atoms with van der Waals surface area (Å²) in [5.74, 6) is 0.746. The summed E-state index contributed by atoms with van der Waals surface area (Å²) >= 11 is 1.57. The van der Waals surface area contributed by atoms with Gasteiger partial charge in [0.25, 0.3) is 0 Å². The van der Waals surface area contributed by atoms with Gasteiger partial charge in [-0.05, 0) is 52.8 Å². The molecule has 9 nitrogen and oxygen atoms in total. The van der Waals surface area contributed by atoms with Crippen LogP contribution in [0.2, 0.25) is 0 Å². The average Bonchev–Trinajstić information content (AvgIpc) is 3.12. The van der Waals surface area contributed by atoms with E-state index in [1.807, 2.05) is 48.5 Å². The van der Waals surface area contributed by atoms with Crippen molar-refractivity contribution >= 4 is 23.6 Å². The Bertz CT molecular complexity index is 1600. The van der Waals surface area contributed by atoms with E-state index in [0.29, 0.717) is 30.4 Å². The number of nitrogens with one attached hydrogen (secondary N) is 2. The fraction of sp³-hybridized carbons (Fsp3) is 0.368. The van der Waals surface area contributed by atoms with Crippen LogP contribution in [0.1, 0.15) is 74.2 Å². The summed E-state index contributed by atoms with van der Waals surface area (Å²) in [6.07, 6.45) is 5.64. The summed E-state index contributed by atoms with van der Waals surface area (Å²) in [5.41, 5.74) is 5.97. The fourth-order valence-corrected chi connectivity index (χ4v) is 6.63. The number of ether oxygens (including phenoxy) is 2. The van der Waals surface area contributed by atoms with Gasteiger partial charge in [-0.25, -0.2) is 9.97 Å². The molecule has 4 aromatic rings. The number of amides is 2. The van der Waals surface area contributed by atoms with Gasteiger partial charge in [0.1, 0.15) is 0 Å². The Labute approximate surface area is 286 Å². The number of unbranched alkanes of at least 4 members (excludes halogenated alkanes) is 2. The number of aromatic nitrogens is 2. The van der Waals surface area contributed by atoms with Crippen LogP contribution in [-0.2, 0) is 32.2 Å². The van der Waals surface area contributed by atoms with E-state index in [4.69, 9.17) is 9.47 Å². The standard InChI is InChI=1S/C38H44N4O5S/c1-26-34(25-48-38-40-20-7-21-41-38)46-37(47-36(26)31-13-11-28(24-43)12-14-31)32-17-15-30(16-18-32)33-9-6-8-29(22-33)23-42-35(45)10-4-3-5-19-39-27(2)44/h6-9,11-18,20-22,26,34,36-37,43H,3-5,10,19,23-25H2,1-2H3,(H,39,44)(H,42,45). The van der Waals surface area contributed by atoms with Crippen LogP contribution in [0.5, 0.6) is 0 Å². The number of thioether (sulfide) groups is 1. The lowest BCUT2D eigenvalue weighted by Gasteiger charge is -2.41. The van der Waals surface area contributed by atoms with E-state index in [1.54, 1.807) is 30.2 Å². The third-order valence-corrected chi connectivity index (χ3v) is 9.39. The minimum absolute atomic E-state index is 0.00361. The van der Waals surface area contributed by atoms with Crippen molar-refractivity contribution in [2.24, 2.45) is 5.92 Å². The van der Waals surface area contributed by atoms with Crippen LogP contribution in [0.15, 0.2) is 96.4 Å². The monoisotopic (exact) mass is 668 g/mol. The highest BCUT2D eigenvalue weighted by molar-refractivity contribution is 7.99. The summed E-state index contributed by atoms with van der Waals surface area (Å²) < 4.78 is 13.2. The van der Waals surface area contributed by atoms with Gasteiger partial charge in [-0.3, -0.25) is 9.59 Å². The normalized spacial score (nSPS) is 19.1. The summed E-state index contributed by atoms with van der Waals surface area (Å²) in [7, 11) is 0. The molecule has 1 aliphatic rings. The second-order valence-corrected chi connectivity index (χ2v) is 13.0. The lowest BCUT2D eigenvalue weighted by Crippen LogP contribution is -2.38. The van der Waals surface area contributed by atoms with Crippen molar-refractivity contribution in [3.8, 4) is 11.1 Å². The lowest BCUT2D eigenvalue weighted by atomic mass is 9.91. The van der Waals surface area contributed by atoms with Crippen LogP contribution in [0.25, 0.3) is 11.1 Å². The molecular weight excluding hydrogens is 625 g/mol. The molecule has 0 saturated carbocycles. The molecule has 4 atom stereocenters. The third kappa shape index (κ3) is 10.2. The zero-order valence-electron chi connectivity index (χ0n) is 27.5. The SMILES string of the molecule is CC(=O)NCCCCCC(=O)NCc1cccc(-c2ccc(C3OC(CSc4ncccn4)C(C)C(c4ccc(CO)cc4)O3)cc2)c1. The molecule has 0 bridgehead atoms. The van der Waals surface area contributed by atoms with E-state index in [1.165, 1.54) is 6.92 Å². The van der Waals surface area contributed by atoms with Gasteiger partial charge in [-0.2, -0.15) is 0 Å². The highest BCUT2D eigenvalue weighted by atomic mass is 32.2. The first kappa shape index (κ1) is 35.2. The Morgan fingerprint density at radius 3 is 2.31 bits per heavy atom. The second-order valence-electron chi connectivity index (χ2n) is 12.1. The van der Waals surface area contributed by atoms with E-state index in [-0.39, 0.29) is 36.5 Å². The molecule has 3 aromatic carbocycles. The number of carbonyl (C=O) groups is 2. The molecule has 1 fully saturated rings. The van der Waals surface area contributed by atoms with Gasteiger partial charge in [0.2, 0.25) is 11.8 Å². The molecule has 1 aliphatic heterocycles. The number of hydrogen-bond acceptors (Lipinski definition) is 8. The molecule has 1 aromatic heterocycles. The van der Waals surface area contributed by atoms with Crippen LogP contribution < -0.4 is 10.6 Å². The highest BCUT2D eigenvalue weighted by Gasteiger charge is 2.38. The van der Waals surface area contributed by atoms with Crippen molar-refractivity contribution in [3.05, 3.63) is 114 Å². The molecule has 5 rings (SSSR count). The van der Waals surface area contributed by atoms with E-state index in [0.717, 1.165) is 52.6 Å². The van der Waals surface area contributed by atoms with Crippen molar-refractivity contribution in [3.63, 3.8) is 0 Å². The molecule has 2 heterocycles. The molecule has 0 spiro atoms. The molecule has 1 saturated heterocycles. The van der Waals surface area contributed by atoms with Crippen LogP contribution in [0.3, 0.4) is 0 Å². The van der Waals surface area contributed by atoms with Crippen LogP contribution in [0, 0.1) is 5.92 Å². The predicted molar refractivity (Wildman–Crippen MR) is 187 cm³/mol. The van der Waals surface area contributed by atoms with Crippen molar-refractivity contribution in [1.82, 2.24) is 20.6 Å². The zero-order valence-corrected chi connectivity index (χ0v) is 28.3. The Balaban J connectivity index is 1.22. The topological polar surface area (TPSA) is 123 Å². The molecule has 4 unspecified atom stereocenters. The summed E-state index contributed by atoms with van der Waals surface area (Å²) in [6, 6.07) is 26.2. The second kappa shape index (κ2) is 17.9. The van der Waals surface area contributed by atoms with E-state index in [2.05, 4.69) is 51.8 Å². The zero-order chi connectivity index (χ0) is 33.7. The van der Waals surface area contributed by atoms with Gasteiger partial charge in [-0.1, -0.05) is 91.8 Å². The van der Waals surface area contributed by atoms with Crippen molar-refractivity contribution < 1.29 is 24.2 Å². The van der Waals surface area contributed by atoms with Gasteiger partial charge in [-0.15, -0.1) is 0 Å². The summed E-state index contributed by atoms with van der Waals surface area (Å²) in [4.78, 5) is 32.1. The first-order valence-electron chi connectivity index (χ1n) is 16.5. The molecule has 0 aliphatic carbocycles. The van der Waals surface area contributed by atoms with Gasteiger partial charge in [0.05, 0.1) is 18.8 Å². The molecule has 2 amide bonds. The van der Waals surface area contributed by atoms with Gasteiger partial charge < -0.3 is 25.2 Å². The number of carbonyl (C=O) groups excluding carboxylic acids is 2. The highest BCUT2D eigenvalue weighted by Crippen LogP contribution is 2.43. The quantitative estimate of drug-likeness (QED) is 0.0743. The van der Waals surface area contributed by atoms with Crippen molar-refractivity contribution in [1.29, 1.82) is 0 Å². The van der Waals surface area contributed by atoms with Crippen LogP contribution in [0.4, 0.5) is 0 Å². The van der Waals surface area contributed by atoms with E-state index in [9.17, 15) is 14.7 Å². The van der Waals surface area contributed by atoms with E-state index >= 15 is 0 Å². The molecule has 3 N–H and O–H groups in total. The van der Waals surface area contributed by atoms with Crippen LogP contribution in [-0.4, -0.2) is 45.3 Å².